The van der Waals surface area contributed by atoms with Crippen LogP contribution in [-0.4, -0.2) is 36.7 Å². The number of carbonyl (C=O) groups excluding carboxylic acids is 2. The first kappa shape index (κ1) is 28.5. The first-order chi connectivity index (χ1) is 18.0. The third kappa shape index (κ3) is 9.37. The topological polar surface area (TPSA) is 71.1 Å². The Hall–Kier alpha value is -3.10. The largest absolute Gasteiger partial charge is 0.494 e. The fourth-order valence-electron chi connectivity index (χ4n) is 3.31. The molecule has 0 aliphatic carbocycles. The van der Waals surface area contributed by atoms with Gasteiger partial charge in [0.1, 0.15) is 23.0 Å². The summed E-state index contributed by atoms with van der Waals surface area (Å²) in [5.41, 5.74) is 1.48. The Morgan fingerprint density at radius 1 is 0.622 bits per heavy atom. The zero-order valence-corrected chi connectivity index (χ0v) is 22.6. The smallest absolute Gasteiger partial charge is 0.343 e. The van der Waals surface area contributed by atoms with Gasteiger partial charge in [-0.25, -0.2) is 9.59 Å². The Bertz CT molecular complexity index is 1150. The van der Waals surface area contributed by atoms with Crippen LogP contribution in [0.4, 0.5) is 0 Å². The van der Waals surface area contributed by atoms with Gasteiger partial charge in [-0.1, -0.05) is 0 Å². The molecule has 0 aliphatic rings. The highest BCUT2D eigenvalue weighted by atomic mass is 32.1. The van der Waals surface area contributed by atoms with E-state index in [2.05, 4.69) is 25.3 Å². The van der Waals surface area contributed by atoms with E-state index >= 15 is 0 Å². The third-order valence-electron chi connectivity index (χ3n) is 5.38. The first-order valence-electron chi connectivity index (χ1n) is 12.2. The maximum absolute atomic E-state index is 12.6. The first-order valence-corrected chi connectivity index (χ1v) is 13.5. The maximum atomic E-state index is 12.6. The molecule has 0 saturated heterocycles. The van der Waals surface area contributed by atoms with Crippen LogP contribution in [0, 0.1) is 6.92 Å². The number of thiol groups is 2. The van der Waals surface area contributed by atoms with Crippen LogP contribution in [0.2, 0.25) is 0 Å². The Balaban J connectivity index is 1.52. The second-order valence-electron chi connectivity index (χ2n) is 8.31. The molecule has 0 aliphatic heterocycles. The maximum Gasteiger partial charge on any atom is 0.343 e. The average Bonchev–Trinajstić information content (AvgIpc) is 2.91. The van der Waals surface area contributed by atoms with E-state index in [9.17, 15) is 9.59 Å². The molecule has 0 aromatic heterocycles. The lowest BCUT2D eigenvalue weighted by Gasteiger charge is -2.11. The highest BCUT2D eigenvalue weighted by Crippen LogP contribution is 2.26. The highest BCUT2D eigenvalue weighted by molar-refractivity contribution is 7.80. The lowest BCUT2D eigenvalue weighted by molar-refractivity contribution is 0.0718. The minimum Gasteiger partial charge on any atom is -0.494 e. The van der Waals surface area contributed by atoms with Crippen LogP contribution in [-0.2, 0) is 0 Å². The van der Waals surface area contributed by atoms with Gasteiger partial charge in [0.05, 0.1) is 24.3 Å². The van der Waals surface area contributed by atoms with Crippen molar-refractivity contribution in [3.05, 3.63) is 83.4 Å². The van der Waals surface area contributed by atoms with Crippen LogP contribution in [0.15, 0.2) is 66.7 Å². The molecule has 3 aromatic rings. The molecule has 37 heavy (non-hydrogen) atoms. The van der Waals surface area contributed by atoms with Gasteiger partial charge >= 0.3 is 11.9 Å². The van der Waals surface area contributed by atoms with Crippen LogP contribution in [0.25, 0.3) is 0 Å². The number of benzene rings is 3. The van der Waals surface area contributed by atoms with Gasteiger partial charge in [-0.3, -0.25) is 0 Å². The lowest BCUT2D eigenvalue weighted by atomic mass is 10.2. The summed E-state index contributed by atoms with van der Waals surface area (Å²) < 4.78 is 22.3. The number of esters is 2. The molecule has 8 heteroatoms. The van der Waals surface area contributed by atoms with Crippen molar-refractivity contribution in [3.8, 4) is 23.0 Å². The monoisotopic (exact) mass is 540 g/mol. The van der Waals surface area contributed by atoms with Gasteiger partial charge in [0, 0.05) is 0 Å². The van der Waals surface area contributed by atoms with E-state index in [4.69, 9.17) is 18.9 Å². The van der Waals surface area contributed by atoms with Gasteiger partial charge in [0.2, 0.25) is 0 Å². The second kappa shape index (κ2) is 15.2. The molecule has 0 atom stereocenters. The Kier molecular flexibility index (Phi) is 11.7. The van der Waals surface area contributed by atoms with Gasteiger partial charge in [0.15, 0.2) is 0 Å². The molecule has 0 unspecified atom stereocenters. The minimum absolute atomic E-state index is 0.355. The zero-order valence-electron chi connectivity index (χ0n) is 20.9. The third-order valence-corrected chi connectivity index (χ3v) is 6.01. The summed E-state index contributed by atoms with van der Waals surface area (Å²) in [6.07, 6.45) is 3.84. The van der Waals surface area contributed by atoms with Crippen LogP contribution in [0.1, 0.15) is 52.0 Å². The predicted molar refractivity (Wildman–Crippen MR) is 151 cm³/mol. The SMILES string of the molecule is Cc1cc(OC(=O)c2ccc(OCCCCS)cc2)ccc1OC(=O)c1ccc(OCCCCS)cc1. The predicted octanol–water partition coefficient (Wildman–Crippen LogP) is 6.61. The van der Waals surface area contributed by atoms with Crippen molar-refractivity contribution in [3.63, 3.8) is 0 Å². The number of unbranched alkanes of at least 4 members (excludes halogenated alkanes) is 2. The quantitative estimate of drug-likeness (QED) is 0.104. The fraction of sp³-hybridized carbons (Fsp3) is 0.310. The van der Waals surface area contributed by atoms with Crippen molar-refractivity contribution in [1.82, 2.24) is 0 Å². The van der Waals surface area contributed by atoms with E-state index in [1.807, 2.05) is 0 Å². The van der Waals surface area contributed by atoms with Gasteiger partial charge in [-0.2, -0.15) is 25.3 Å². The molecule has 0 bridgehead atoms. The second-order valence-corrected chi connectivity index (χ2v) is 9.21. The molecule has 6 nitrogen and oxygen atoms in total. The number of hydrogen-bond donors (Lipinski definition) is 2. The van der Waals surface area contributed by atoms with Crippen molar-refractivity contribution >= 4 is 37.2 Å². The summed E-state index contributed by atoms with van der Waals surface area (Å²) in [6.45, 7) is 3.00. The normalized spacial score (nSPS) is 10.6. The minimum atomic E-state index is -0.487. The van der Waals surface area contributed by atoms with E-state index in [1.54, 1.807) is 73.7 Å². The Morgan fingerprint density at radius 3 is 1.54 bits per heavy atom. The number of carbonyl (C=O) groups is 2. The van der Waals surface area contributed by atoms with Crippen molar-refractivity contribution in [2.75, 3.05) is 24.7 Å². The molecule has 0 fully saturated rings. The molecule has 0 saturated carbocycles. The highest BCUT2D eigenvalue weighted by Gasteiger charge is 2.14. The van der Waals surface area contributed by atoms with Gasteiger partial charge in [0.25, 0.3) is 0 Å². The molecule has 0 heterocycles. The summed E-state index contributed by atoms with van der Waals surface area (Å²) in [5.74, 6) is 2.83. The van der Waals surface area contributed by atoms with Crippen molar-refractivity contribution < 1.29 is 28.5 Å². The summed E-state index contributed by atoms with van der Waals surface area (Å²) in [7, 11) is 0. The van der Waals surface area contributed by atoms with Crippen molar-refractivity contribution in [1.29, 1.82) is 0 Å². The lowest BCUT2D eigenvalue weighted by Crippen LogP contribution is -2.10. The molecule has 0 spiro atoms. The fourth-order valence-corrected chi connectivity index (χ4v) is 3.75. The number of aryl methyl sites for hydroxylation is 1. The van der Waals surface area contributed by atoms with Crippen LogP contribution < -0.4 is 18.9 Å². The Morgan fingerprint density at radius 2 is 1.08 bits per heavy atom. The van der Waals surface area contributed by atoms with Gasteiger partial charge < -0.3 is 18.9 Å². The molecule has 3 aromatic carbocycles. The number of hydrogen-bond acceptors (Lipinski definition) is 8. The average molecular weight is 541 g/mol. The molecule has 3 rings (SSSR count). The van der Waals surface area contributed by atoms with Crippen LogP contribution >= 0.6 is 25.3 Å². The summed E-state index contributed by atoms with van der Waals surface area (Å²) in [6, 6.07) is 18.5. The van der Waals surface area contributed by atoms with E-state index < -0.39 is 11.9 Å². The van der Waals surface area contributed by atoms with E-state index in [0.717, 1.165) is 37.2 Å². The molecule has 0 N–H and O–H groups in total. The standard InChI is InChI=1S/C29H32O6S2/c1-21-20-26(34-28(30)22-6-10-24(11-7-22)32-16-2-4-18-36)14-15-27(21)35-29(31)23-8-12-25(13-9-23)33-17-3-5-19-37/h6-15,20,36-37H,2-5,16-19H2,1H3. The van der Waals surface area contributed by atoms with Gasteiger partial charge in [-0.15, -0.1) is 0 Å². The Labute approximate surface area is 229 Å². The van der Waals surface area contributed by atoms with Crippen molar-refractivity contribution in [2.24, 2.45) is 0 Å². The molecule has 196 valence electrons. The summed E-state index contributed by atoms with van der Waals surface area (Å²) in [4.78, 5) is 25.1. The summed E-state index contributed by atoms with van der Waals surface area (Å²) in [5, 5.41) is 0. The number of rotatable bonds is 14. The molecular formula is C29H32O6S2. The van der Waals surface area contributed by atoms with Crippen LogP contribution in [0.3, 0.4) is 0 Å². The molecule has 0 amide bonds. The zero-order chi connectivity index (χ0) is 26.5. The van der Waals surface area contributed by atoms with E-state index in [-0.39, 0.29) is 0 Å². The molecular weight excluding hydrogens is 508 g/mol. The van der Waals surface area contributed by atoms with Gasteiger partial charge in [-0.05, 0) is 116 Å². The van der Waals surface area contributed by atoms with Crippen molar-refractivity contribution in [2.45, 2.75) is 32.6 Å². The summed E-state index contributed by atoms with van der Waals surface area (Å²) >= 11 is 8.36. The van der Waals surface area contributed by atoms with E-state index in [0.29, 0.717) is 52.9 Å². The van der Waals surface area contributed by atoms with E-state index in [1.165, 1.54) is 0 Å². The van der Waals surface area contributed by atoms with Crippen LogP contribution in [0.5, 0.6) is 23.0 Å². The molecule has 0 radical (unpaired) electrons. The number of ether oxygens (including phenoxy) is 4.